The van der Waals surface area contributed by atoms with Gasteiger partial charge in [0, 0.05) is 51.6 Å². The van der Waals surface area contributed by atoms with Gasteiger partial charge in [-0.3, -0.25) is 9.59 Å². The number of hydrogen-bond donors (Lipinski definition) is 1. The molecule has 136 valence electrons. The van der Waals surface area contributed by atoms with E-state index in [1.807, 2.05) is 4.90 Å². The minimum Gasteiger partial charge on any atom is -0.339 e. The molecule has 0 unspecified atom stereocenters. The zero-order valence-corrected chi connectivity index (χ0v) is 14.1. The van der Waals surface area contributed by atoms with Crippen LogP contribution in [0.1, 0.15) is 17.3 Å². The van der Waals surface area contributed by atoms with Gasteiger partial charge in [-0.2, -0.15) is 0 Å². The lowest BCUT2D eigenvalue weighted by atomic mass is 10.2. The predicted octanol–water partition coefficient (Wildman–Crippen LogP) is 1.68. The second-order valence-corrected chi connectivity index (χ2v) is 5.84. The van der Waals surface area contributed by atoms with Crippen LogP contribution in [0.4, 0.5) is 20.4 Å². The number of anilines is 2. The highest BCUT2D eigenvalue weighted by Crippen LogP contribution is 2.16. The quantitative estimate of drug-likeness (QED) is 0.900. The van der Waals surface area contributed by atoms with Crippen LogP contribution in [0, 0.1) is 11.6 Å². The molecule has 2 aromatic rings. The standard InChI is InChI=1S/C17H17F2N5O2/c1-11(25)23-4-6-24(7-5-23)17-20-9-12(10-21-17)16(26)22-15-3-2-13(18)8-14(15)19/h2-3,8-10H,4-7H2,1H3,(H,22,26). The first-order chi connectivity index (χ1) is 12.4. The van der Waals surface area contributed by atoms with Crippen LogP contribution in [0.2, 0.25) is 0 Å². The number of hydrogen-bond acceptors (Lipinski definition) is 5. The summed E-state index contributed by atoms with van der Waals surface area (Å²) in [7, 11) is 0. The Hall–Kier alpha value is -3.10. The lowest BCUT2D eigenvalue weighted by Crippen LogP contribution is -2.48. The molecule has 0 aliphatic carbocycles. The van der Waals surface area contributed by atoms with Crippen molar-refractivity contribution in [2.45, 2.75) is 6.92 Å². The average molecular weight is 361 g/mol. The number of rotatable bonds is 3. The van der Waals surface area contributed by atoms with E-state index >= 15 is 0 Å². The number of nitrogens with zero attached hydrogens (tertiary/aromatic N) is 4. The van der Waals surface area contributed by atoms with E-state index in [2.05, 4.69) is 15.3 Å². The molecule has 1 N–H and O–H groups in total. The van der Waals surface area contributed by atoms with Crippen molar-refractivity contribution in [2.75, 3.05) is 36.4 Å². The molecule has 1 saturated heterocycles. The first-order valence-electron chi connectivity index (χ1n) is 8.03. The molecule has 1 aromatic heterocycles. The van der Waals surface area contributed by atoms with Gasteiger partial charge in [0.1, 0.15) is 11.6 Å². The monoisotopic (exact) mass is 361 g/mol. The van der Waals surface area contributed by atoms with Gasteiger partial charge in [-0.25, -0.2) is 18.7 Å². The summed E-state index contributed by atoms with van der Waals surface area (Å²) in [6.45, 7) is 3.91. The number of aromatic nitrogens is 2. The number of piperazine rings is 1. The van der Waals surface area contributed by atoms with E-state index in [1.165, 1.54) is 19.3 Å². The van der Waals surface area contributed by atoms with Crippen molar-refractivity contribution in [3.05, 3.63) is 47.8 Å². The van der Waals surface area contributed by atoms with Crippen LogP contribution < -0.4 is 10.2 Å². The average Bonchev–Trinajstić information content (AvgIpc) is 2.64. The van der Waals surface area contributed by atoms with Crippen LogP contribution in [0.25, 0.3) is 0 Å². The summed E-state index contributed by atoms with van der Waals surface area (Å²) in [6.07, 6.45) is 2.69. The van der Waals surface area contributed by atoms with Gasteiger partial charge < -0.3 is 15.1 Å². The maximum absolute atomic E-state index is 13.6. The van der Waals surface area contributed by atoms with Crippen molar-refractivity contribution < 1.29 is 18.4 Å². The van der Waals surface area contributed by atoms with Gasteiger partial charge in [-0.05, 0) is 12.1 Å². The Labute approximate surface area is 148 Å². The Morgan fingerprint density at radius 1 is 1.08 bits per heavy atom. The predicted molar refractivity (Wildman–Crippen MR) is 90.8 cm³/mol. The van der Waals surface area contributed by atoms with Gasteiger partial charge in [-0.1, -0.05) is 0 Å². The number of benzene rings is 1. The van der Waals surface area contributed by atoms with Gasteiger partial charge in [0.25, 0.3) is 5.91 Å². The SMILES string of the molecule is CC(=O)N1CCN(c2ncc(C(=O)Nc3ccc(F)cc3F)cn2)CC1. The summed E-state index contributed by atoms with van der Waals surface area (Å²) < 4.78 is 26.5. The van der Waals surface area contributed by atoms with Crippen molar-refractivity contribution in [3.8, 4) is 0 Å². The fraction of sp³-hybridized carbons (Fsp3) is 0.294. The van der Waals surface area contributed by atoms with Crippen molar-refractivity contribution >= 4 is 23.5 Å². The summed E-state index contributed by atoms with van der Waals surface area (Å²) in [5.74, 6) is -1.69. The number of carbonyl (C=O) groups is 2. The van der Waals surface area contributed by atoms with Crippen LogP contribution in [0.15, 0.2) is 30.6 Å². The first kappa shape index (κ1) is 17.7. The molecule has 1 aliphatic heterocycles. The highest BCUT2D eigenvalue weighted by atomic mass is 19.1. The maximum Gasteiger partial charge on any atom is 0.258 e. The third-order valence-electron chi connectivity index (χ3n) is 4.09. The zero-order chi connectivity index (χ0) is 18.7. The first-order valence-corrected chi connectivity index (χ1v) is 8.03. The summed E-state index contributed by atoms with van der Waals surface area (Å²) in [5, 5.41) is 2.35. The molecule has 7 nitrogen and oxygen atoms in total. The van der Waals surface area contributed by atoms with E-state index in [0.29, 0.717) is 38.2 Å². The van der Waals surface area contributed by atoms with Crippen LogP contribution in [0.3, 0.4) is 0 Å². The maximum atomic E-state index is 13.6. The van der Waals surface area contributed by atoms with Crippen LogP contribution in [-0.4, -0.2) is 52.9 Å². The lowest BCUT2D eigenvalue weighted by molar-refractivity contribution is -0.129. The van der Waals surface area contributed by atoms with Crippen molar-refractivity contribution in [1.82, 2.24) is 14.9 Å². The van der Waals surface area contributed by atoms with Gasteiger partial charge in [-0.15, -0.1) is 0 Å². The Morgan fingerprint density at radius 3 is 2.31 bits per heavy atom. The molecule has 0 atom stereocenters. The topological polar surface area (TPSA) is 78.4 Å². The molecule has 0 spiro atoms. The van der Waals surface area contributed by atoms with Crippen LogP contribution in [-0.2, 0) is 4.79 Å². The normalized spacial score (nSPS) is 14.3. The Balaban J connectivity index is 1.64. The number of carbonyl (C=O) groups excluding carboxylic acids is 2. The third-order valence-corrected chi connectivity index (χ3v) is 4.09. The minimum atomic E-state index is -0.862. The molecule has 0 saturated carbocycles. The fourth-order valence-corrected chi connectivity index (χ4v) is 2.61. The zero-order valence-electron chi connectivity index (χ0n) is 14.1. The number of nitrogens with one attached hydrogen (secondary N) is 1. The molecule has 3 rings (SSSR count). The largest absolute Gasteiger partial charge is 0.339 e. The van der Waals surface area contributed by atoms with E-state index in [1.54, 1.807) is 4.90 Å². The summed E-state index contributed by atoms with van der Waals surface area (Å²) in [5.41, 5.74) is 0.0284. The van der Waals surface area contributed by atoms with E-state index in [-0.39, 0.29) is 17.2 Å². The lowest BCUT2D eigenvalue weighted by Gasteiger charge is -2.34. The smallest absolute Gasteiger partial charge is 0.258 e. The van der Waals surface area contributed by atoms with E-state index in [9.17, 15) is 18.4 Å². The third kappa shape index (κ3) is 3.93. The van der Waals surface area contributed by atoms with Crippen molar-refractivity contribution in [2.24, 2.45) is 0 Å². The highest BCUT2D eigenvalue weighted by molar-refractivity contribution is 6.03. The Morgan fingerprint density at radius 2 is 1.73 bits per heavy atom. The van der Waals surface area contributed by atoms with Crippen molar-refractivity contribution in [1.29, 1.82) is 0 Å². The summed E-state index contributed by atoms with van der Waals surface area (Å²) >= 11 is 0. The molecule has 2 heterocycles. The minimum absolute atomic E-state index is 0.0330. The second kappa shape index (κ2) is 7.42. The Kier molecular flexibility index (Phi) is 5.06. The van der Waals surface area contributed by atoms with E-state index in [4.69, 9.17) is 0 Å². The number of halogens is 2. The summed E-state index contributed by atoms with van der Waals surface area (Å²) in [6, 6.07) is 2.89. The second-order valence-electron chi connectivity index (χ2n) is 5.84. The molecule has 0 radical (unpaired) electrons. The molecule has 9 heteroatoms. The van der Waals surface area contributed by atoms with Gasteiger partial charge >= 0.3 is 0 Å². The van der Waals surface area contributed by atoms with Crippen LogP contribution in [0.5, 0.6) is 0 Å². The fourth-order valence-electron chi connectivity index (χ4n) is 2.61. The van der Waals surface area contributed by atoms with E-state index < -0.39 is 17.5 Å². The van der Waals surface area contributed by atoms with Gasteiger partial charge in [0.15, 0.2) is 0 Å². The molecular formula is C17H17F2N5O2. The van der Waals surface area contributed by atoms with Gasteiger partial charge in [0.2, 0.25) is 11.9 Å². The molecule has 0 bridgehead atoms. The molecule has 26 heavy (non-hydrogen) atoms. The highest BCUT2D eigenvalue weighted by Gasteiger charge is 2.20. The van der Waals surface area contributed by atoms with E-state index in [0.717, 1.165) is 12.1 Å². The molecular weight excluding hydrogens is 344 g/mol. The van der Waals surface area contributed by atoms with Crippen LogP contribution >= 0.6 is 0 Å². The van der Waals surface area contributed by atoms with Gasteiger partial charge in [0.05, 0.1) is 11.3 Å². The number of amides is 2. The van der Waals surface area contributed by atoms with Crippen molar-refractivity contribution in [3.63, 3.8) is 0 Å². The molecule has 2 amide bonds. The molecule has 1 aromatic carbocycles. The molecule has 1 aliphatic rings. The molecule has 1 fully saturated rings. The summed E-state index contributed by atoms with van der Waals surface area (Å²) in [4.78, 5) is 35.5. The Bertz CT molecular complexity index is 820.